The van der Waals surface area contributed by atoms with E-state index in [1.807, 2.05) is 0 Å². The topological polar surface area (TPSA) is 85.1 Å². The summed E-state index contributed by atoms with van der Waals surface area (Å²) in [6, 6.07) is 9.09. The van der Waals surface area contributed by atoms with Gasteiger partial charge in [-0.1, -0.05) is 17.7 Å². The second kappa shape index (κ2) is 5.36. The molecule has 0 radical (unpaired) electrons. The first-order valence-corrected chi connectivity index (χ1v) is 7.74. The number of nitrogens with two attached hydrogens (primary N) is 1. The van der Waals surface area contributed by atoms with Crippen molar-refractivity contribution in [2.45, 2.75) is 4.90 Å². The number of hydrogen-bond acceptors (Lipinski definition) is 4. The van der Waals surface area contributed by atoms with Crippen LogP contribution >= 0.6 is 27.5 Å². The number of nitrogens with zero attached hydrogens (tertiary/aromatic N) is 1. The molecule has 0 amide bonds. The Labute approximate surface area is 124 Å². The number of anilines is 2. The molecule has 1 heterocycles. The lowest BCUT2D eigenvalue weighted by Crippen LogP contribution is -2.14. The summed E-state index contributed by atoms with van der Waals surface area (Å²) < 4.78 is 27.1. The molecular formula is C11H9BrClN3O2S. The van der Waals surface area contributed by atoms with E-state index in [0.717, 1.165) is 0 Å². The van der Waals surface area contributed by atoms with Crippen molar-refractivity contribution in [1.82, 2.24) is 4.98 Å². The van der Waals surface area contributed by atoms with Gasteiger partial charge in [0.25, 0.3) is 10.0 Å². The van der Waals surface area contributed by atoms with Crippen molar-refractivity contribution in [2.75, 3.05) is 10.5 Å². The molecule has 19 heavy (non-hydrogen) atoms. The van der Waals surface area contributed by atoms with Crippen LogP contribution in [0, 0.1) is 0 Å². The van der Waals surface area contributed by atoms with Gasteiger partial charge in [-0.15, -0.1) is 0 Å². The van der Waals surface area contributed by atoms with E-state index >= 15 is 0 Å². The second-order valence-corrected chi connectivity index (χ2v) is 6.53. The molecule has 0 aliphatic rings. The van der Waals surface area contributed by atoms with Gasteiger partial charge >= 0.3 is 0 Å². The summed E-state index contributed by atoms with van der Waals surface area (Å²) in [4.78, 5) is 3.94. The predicted molar refractivity (Wildman–Crippen MR) is 78.6 cm³/mol. The van der Waals surface area contributed by atoms with Crippen LogP contribution in [0.4, 0.5) is 11.5 Å². The number of hydrogen-bond donors (Lipinski definition) is 2. The van der Waals surface area contributed by atoms with E-state index in [1.54, 1.807) is 12.1 Å². The fourth-order valence-electron chi connectivity index (χ4n) is 1.39. The Balaban J connectivity index is 2.38. The van der Waals surface area contributed by atoms with Crippen molar-refractivity contribution in [3.63, 3.8) is 0 Å². The zero-order valence-electron chi connectivity index (χ0n) is 9.47. The number of halogens is 2. The van der Waals surface area contributed by atoms with Crippen molar-refractivity contribution in [2.24, 2.45) is 0 Å². The SMILES string of the molecule is Nc1ccc(S(=O)(=O)Nc2cccc(Cl)n2)c(Br)c1. The summed E-state index contributed by atoms with van der Waals surface area (Å²) in [5.74, 6) is 0.149. The fraction of sp³-hybridized carbons (Fsp3) is 0. The van der Waals surface area contributed by atoms with Crippen molar-refractivity contribution < 1.29 is 8.42 Å². The molecule has 2 aromatic rings. The highest BCUT2D eigenvalue weighted by molar-refractivity contribution is 9.10. The molecule has 1 aromatic carbocycles. The van der Waals surface area contributed by atoms with Crippen molar-refractivity contribution in [1.29, 1.82) is 0 Å². The molecule has 0 aliphatic heterocycles. The zero-order valence-corrected chi connectivity index (χ0v) is 12.6. The van der Waals surface area contributed by atoms with Crippen LogP contribution in [-0.2, 0) is 10.0 Å². The molecule has 0 saturated carbocycles. The van der Waals surface area contributed by atoms with Crippen LogP contribution in [0.25, 0.3) is 0 Å². The van der Waals surface area contributed by atoms with Crippen molar-refractivity contribution in [3.8, 4) is 0 Å². The Morgan fingerprint density at radius 2 is 2.00 bits per heavy atom. The standard InChI is InChI=1S/C11H9BrClN3O2S/c12-8-6-7(14)4-5-9(8)19(17,18)16-11-3-1-2-10(13)15-11/h1-6H,14H2,(H,15,16). The second-order valence-electron chi connectivity index (χ2n) is 3.64. The van der Waals surface area contributed by atoms with E-state index in [1.165, 1.54) is 24.3 Å². The van der Waals surface area contributed by atoms with E-state index in [4.69, 9.17) is 17.3 Å². The van der Waals surface area contributed by atoms with Gasteiger partial charge in [0.1, 0.15) is 15.9 Å². The van der Waals surface area contributed by atoms with Crippen LogP contribution in [0.1, 0.15) is 0 Å². The maximum absolute atomic E-state index is 12.2. The van der Waals surface area contributed by atoms with Crippen LogP contribution in [-0.4, -0.2) is 13.4 Å². The normalized spacial score (nSPS) is 11.3. The van der Waals surface area contributed by atoms with Gasteiger partial charge in [-0.05, 0) is 46.3 Å². The van der Waals surface area contributed by atoms with Crippen molar-refractivity contribution in [3.05, 3.63) is 46.0 Å². The van der Waals surface area contributed by atoms with E-state index < -0.39 is 10.0 Å². The van der Waals surface area contributed by atoms with Gasteiger partial charge in [-0.2, -0.15) is 0 Å². The molecule has 1 aromatic heterocycles. The third-order valence-electron chi connectivity index (χ3n) is 2.20. The first-order chi connectivity index (χ1) is 8.88. The Morgan fingerprint density at radius 3 is 2.63 bits per heavy atom. The molecule has 5 nitrogen and oxygen atoms in total. The van der Waals surface area contributed by atoms with Crippen LogP contribution in [0.3, 0.4) is 0 Å². The maximum atomic E-state index is 12.2. The van der Waals surface area contributed by atoms with Crippen LogP contribution < -0.4 is 10.5 Å². The van der Waals surface area contributed by atoms with E-state index in [-0.39, 0.29) is 15.9 Å². The highest BCUT2D eigenvalue weighted by atomic mass is 79.9. The largest absolute Gasteiger partial charge is 0.399 e. The highest BCUT2D eigenvalue weighted by Gasteiger charge is 2.18. The molecule has 0 spiro atoms. The smallest absolute Gasteiger partial charge is 0.264 e. The number of nitrogen functional groups attached to an aromatic ring is 1. The zero-order chi connectivity index (χ0) is 14.0. The number of aromatic nitrogens is 1. The van der Waals surface area contributed by atoms with Gasteiger partial charge in [-0.25, -0.2) is 13.4 Å². The lowest BCUT2D eigenvalue weighted by atomic mass is 10.3. The van der Waals surface area contributed by atoms with Gasteiger partial charge in [-0.3, -0.25) is 4.72 Å². The molecule has 0 atom stereocenters. The van der Waals surface area contributed by atoms with Gasteiger partial charge in [0.05, 0.1) is 0 Å². The maximum Gasteiger partial charge on any atom is 0.264 e. The van der Waals surface area contributed by atoms with Crippen LogP contribution in [0.5, 0.6) is 0 Å². The Bertz CT molecular complexity index is 722. The summed E-state index contributed by atoms with van der Waals surface area (Å²) in [5.41, 5.74) is 6.03. The molecule has 0 fully saturated rings. The molecule has 3 N–H and O–H groups in total. The van der Waals surface area contributed by atoms with Gasteiger partial charge < -0.3 is 5.73 Å². The number of rotatable bonds is 3. The van der Waals surface area contributed by atoms with Gasteiger partial charge in [0, 0.05) is 10.2 Å². The first-order valence-electron chi connectivity index (χ1n) is 5.09. The van der Waals surface area contributed by atoms with Crippen LogP contribution in [0.15, 0.2) is 45.8 Å². The molecule has 0 aliphatic carbocycles. The quantitative estimate of drug-likeness (QED) is 0.649. The number of nitrogens with one attached hydrogen (secondary N) is 1. The van der Waals surface area contributed by atoms with Gasteiger partial charge in [0.2, 0.25) is 0 Å². The summed E-state index contributed by atoms with van der Waals surface area (Å²) >= 11 is 8.87. The summed E-state index contributed by atoms with van der Waals surface area (Å²) in [6.45, 7) is 0. The van der Waals surface area contributed by atoms with E-state index in [2.05, 4.69) is 25.6 Å². The summed E-state index contributed by atoms with van der Waals surface area (Å²) in [5, 5.41) is 0.205. The minimum atomic E-state index is -3.75. The summed E-state index contributed by atoms with van der Waals surface area (Å²) in [7, 11) is -3.75. The lowest BCUT2D eigenvalue weighted by molar-refractivity contribution is 0.600. The molecule has 2 rings (SSSR count). The average Bonchev–Trinajstić information content (AvgIpc) is 2.27. The van der Waals surface area contributed by atoms with Gasteiger partial charge in [0.15, 0.2) is 0 Å². The Kier molecular flexibility index (Phi) is 3.98. The van der Waals surface area contributed by atoms with Crippen LogP contribution in [0.2, 0.25) is 5.15 Å². The molecule has 8 heteroatoms. The van der Waals surface area contributed by atoms with E-state index in [9.17, 15) is 8.42 Å². The van der Waals surface area contributed by atoms with E-state index in [0.29, 0.717) is 10.2 Å². The Morgan fingerprint density at radius 1 is 1.26 bits per heavy atom. The number of sulfonamides is 1. The average molecular weight is 363 g/mol. The predicted octanol–water partition coefficient (Wildman–Crippen LogP) is 2.88. The molecule has 100 valence electrons. The minimum absolute atomic E-state index is 0.0727. The third kappa shape index (κ3) is 3.37. The Hall–Kier alpha value is -1.31. The fourth-order valence-corrected chi connectivity index (χ4v) is 3.65. The minimum Gasteiger partial charge on any atom is -0.399 e. The molecular weight excluding hydrogens is 354 g/mol. The monoisotopic (exact) mass is 361 g/mol. The first kappa shape index (κ1) is 14.1. The van der Waals surface area contributed by atoms with Crippen molar-refractivity contribution >= 4 is 49.1 Å². The molecule has 0 unspecified atom stereocenters. The third-order valence-corrected chi connectivity index (χ3v) is 4.74. The lowest BCUT2D eigenvalue weighted by Gasteiger charge is -2.09. The number of pyridine rings is 1. The molecule has 0 saturated heterocycles. The summed E-state index contributed by atoms with van der Waals surface area (Å²) in [6.07, 6.45) is 0. The molecule has 0 bridgehead atoms. The highest BCUT2D eigenvalue weighted by Crippen LogP contribution is 2.26. The number of benzene rings is 1.